The zero-order valence-corrected chi connectivity index (χ0v) is 12.3. The number of aromatic nitrogens is 3. The Kier molecular flexibility index (Phi) is 4.33. The number of amides is 1. The Hall–Kier alpha value is -2.74. The standard InChI is InChI=1S/C15H16N4O4/c20-13(21)8-12-9-23-7-6-18(12)15(22)14-16-10-19(17-14)11-4-2-1-3-5-11/h1-5,10,12H,6-9H2,(H,20,21)/t12-/m0/s1. The van der Waals surface area contributed by atoms with Crippen molar-refractivity contribution in [2.45, 2.75) is 12.5 Å². The van der Waals surface area contributed by atoms with E-state index in [1.165, 1.54) is 15.9 Å². The molecule has 8 nitrogen and oxygen atoms in total. The van der Waals surface area contributed by atoms with E-state index in [0.29, 0.717) is 13.2 Å². The van der Waals surface area contributed by atoms with Crippen LogP contribution in [0.15, 0.2) is 36.7 Å². The molecule has 1 saturated heterocycles. The van der Waals surface area contributed by atoms with Crippen molar-refractivity contribution in [1.82, 2.24) is 19.7 Å². The minimum Gasteiger partial charge on any atom is -0.481 e. The number of hydrogen-bond acceptors (Lipinski definition) is 5. The summed E-state index contributed by atoms with van der Waals surface area (Å²) in [6, 6.07) is 8.82. The summed E-state index contributed by atoms with van der Waals surface area (Å²) in [6.07, 6.45) is 1.31. The lowest BCUT2D eigenvalue weighted by atomic mass is 10.1. The lowest BCUT2D eigenvalue weighted by molar-refractivity contribution is -0.139. The van der Waals surface area contributed by atoms with Gasteiger partial charge in [-0.05, 0) is 12.1 Å². The molecule has 0 radical (unpaired) electrons. The zero-order chi connectivity index (χ0) is 16.2. The van der Waals surface area contributed by atoms with Crippen molar-refractivity contribution >= 4 is 11.9 Å². The summed E-state index contributed by atoms with van der Waals surface area (Å²) < 4.78 is 6.78. The minimum atomic E-state index is -0.971. The number of rotatable bonds is 4. The molecular formula is C15H16N4O4. The van der Waals surface area contributed by atoms with E-state index in [1.54, 1.807) is 0 Å². The van der Waals surface area contributed by atoms with E-state index in [1.807, 2.05) is 30.3 Å². The molecule has 1 atom stereocenters. The number of hydrogen-bond donors (Lipinski definition) is 1. The summed E-state index contributed by atoms with van der Waals surface area (Å²) in [7, 11) is 0. The molecule has 0 unspecified atom stereocenters. The summed E-state index contributed by atoms with van der Waals surface area (Å²) in [5, 5.41) is 13.2. The fourth-order valence-corrected chi connectivity index (χ4v) is 2.49. The average molecular weight is 316 g/mol. The van der Waals surface area contributed by atoms with Gasteiger partial charge in [0, 0.05) is 6.54 Å². The van der Waals surface area contributed by atoms with E-state index in [0.717, 1.165) is 5.69 Å². The average Bonchev–Trinajstić information content (AvgIpc) is 3.05. The maximum absolute atomic E-state index is 12.6. The smallest absolute Gasteiger partial charge is 0.305 e. The van der Waals surface area contributed by atoms with E-state index in [4.69, 9.17) is 9.84 Å². The number of aliphatic carboxylic acids is 1. The van der Waals surface area contributed by atoms with Gasteiger partial charge < -0.3 is 14.7 Å². The van der Waals surface area contributed by atoms with Gasteiger partial charge in [-0.2, -0.15) is 0 Å². The molecule has 1 aliphatic rings. The summed E-state index contributed by atoms with van der Waals surface area (Å²) in [4.78, 5) is 29.0. The normalized spacial score (nSPS) is 17.9. The molecule has 120 valence electrons. The molecule has 1 fully saturated rings. The molecule has 1 amide bonds. The lowest BCUT2D eigenvalue weighted by Crippen LogP contribution is -2.49. The van der Waals surface area contributed by atoms with Crippen molar-refractivity contribution in [3.8, 4) is 5.69 Å². The van der Waals surface area contributed by atoms with Gasteiger partial charge in [0.2, 0.25) is 5.82 Å². The van der Waals surface area contributed by atoms with Crippen LogP contribution < -0.4 is 0 Å². The Morgan fingerprint density at radius 2 is 2.09 bits per heavy atom. The van der Waals surface area contributed by atoms with Gasteiger partial charge in [-0.3, -0.25) is 9.59 Å². The Labute approximate surface area is 132 Å². The number of morpholine rings is 1. The second-order valence-electron chi connectivity index (χ2n) is 5.17. The summed E-state index contributed by atoms with van der Waals surface area (Å²) >= 11 is 0. The Morgan fingerprint density at radius 3 is 2.83 bits per heavy atom. The van der Waals surface area contributed by atoms with Crippen LogP contribution in [0.2, 0.25) is 0 Å². The number of nitrogens with zero attached hydrogens (tertiary/aromatic N) is 4. The summed E-state index contributed by atoms with van der Waals surface area (Å²) in [6.45, 7) is 0.912. The molecule has 1 N–H and O–H groups in total. The third-order valence-electron chi connectivity index (χ3n) is 3.60. The lowest BCUT2D eigenvalue weighted by Gasteiger charge is -2.33. The van der Waals surface area contributed by atoms with Crippen molar-refractivity contribution in [3.05, 3.63) is 42.5 Å². The maximum Gasteiger partial charge on any atom is 0.305 e. The van der Waals surface area contributed by atoms with E-state index >= 15 is 0 Å². The molecule has 8 heteroatoms. The van der Waals surface area contributed by atoms with Gasteiger partial charge in [0.1, 0.15) is 6.33 Å². The van der Waals surface area contributed by atoms with E-state index in [-0.39, 0.29) is 24.8 Å². The third-order valence-corrected chi connectivity index (χ3v) is 3.60. The van der Waals surface area contributed by atoms with Crippen LogP contribution in [0.5, 0.6) is 0 Å². The second kappa shape index (κ2) is 6.57. The fourth-order valence-electron chi connectivity index (χ4n) is 2.49. The van der Waals surface area contributed by atoms with Gasteiger partial charge >= 0.3 is 5.97 Å². The van der Waals surface area contributed by atoms with Crippen molar-refractivity contribution in [2.24, 2.45) is 0 Å². The topological polar surface area (TPSA) is 97.5 Å². The quantitative estimate of drug-likeness (QED) is 0.886. The molecule has 1 aromatic carbocycles. The van der Waals surface area contributed by atoms with Crippen molar-refractivity contribution in [1.29, 1.82) is 0 Å². The van der Waals surface area contributed by atoms with Gasteiger partial charge in [0.15, 0.2) is 0 Å². The highest BCUT2D eigenvalue weighted by molar-refractivity contribution is 5.91. The second-order valence-corrected chi connectivity index (χ2v) is 5.17. The molecule has 0 bridgehead atoms. The number of carbonyl (C=O) groups is 2. The van der Waals surface area contributed by atoms with Crippen LogP contribution in [0.3, 0.4) is 0 Å². The summed E-state index contributed by atoms with van der Waals surface area (Å²) in [5.74, 6) is -1.30. The van der Waals surface area contributed by atoms with Crippen LogP contribution in [0, 0.1) is 0 Å². The number of carbonyl (C=O) groups excluding carboxylic acids is 1. The van der Waals surface area contributed by atoms with Gasteiger partial charge in [-0.1, -0.05) is 18.2 Å². The zero-order valence-electron chi connectivity index (χ0n) is 12.3. The predicted octanol–water partition coefficient (Wildman–Crippen LogP) is 0.583. The molecule has 1 aromatic heterocycles. The van der Waals surface area contributed by atoms with E-state index in [2.05, 4.69) is 10.1 Å². The predicted molar refractivity (Wildman–Crippen MR) is 79.3 cm³/mol. The number of benzene rings is 1. The first-order valence-corrected chi connectivity index (χ1v) is 7.23. The molecule has 1 aliphatic heterocycles. The van der Waals surface area contributed by atoms with E-state index < -0.39 is 12.0 Å². The van der Waals surface area contributed by atoms with Crippen LogP contribution in [0.1, 0.15) is 17.0 Å². The molecule has 3 rings (SSSR count). The Bertz CT molecular complexity index is 701. The highest BCUT2D eigenvalue weighted by Gasteiger charge is 2.31. The third kappa shape index (κ3) is 3.37. The molecular weight excluding hydrogens is 300 g/mol. The monoisotopic (exact) mass is 316 g/mol. The van der Waals surface area contributed by atoms with Crippen LogP contribution in [0.4, 0.5) is 0 Å². The first-order valence-electron chi connectivity index (χ1n) is 7.23. The minimum absolute atomic E-state index is 0.0474. The highest BCUT2D eigenvalue weighted by atomic mass is 16.5. The first kappa shape index (κ1) is 15.2. The molecule has 0 aliphatic carbocycles. The molecule has 23 heavy (non-hydrogen) atoms. The Balaban J connectivity index is 1.79. The largest absolute Gasteiger partial charge is 0.481 e. The summed E-state index contributed by atoms with van der Waals surface area (Å²) in [5.41, 5.74) is 0.795. The highest BCUT2D eigenvalue weighted by Crippen LogP contribution is 2.14. The molecule has 2 heterocycles. The number of carboxylic acid groups (broad SMARTS) is 1. The molecule has 0 spiro atoms. The van der Waals surface area contributed by atoms with Gasteiger partial charge in [-0.15, -0.1) is 5.10 Å². The van der Waals surface area contributed by atoms with Crippen LogP contribution >= 0.6 is 0 Å². The number of para-hydroxylation sites is 1. The number of carboxylic acids is 1. The first-order chi connectivity index (χ1) is 11.1. The van der Waals surface area contributed by atoms with Crippen molar-refractivity contribution < 1.29 is 19.4 Å². The fraction of sp³-hybridized carbons (Fsp3) is 0.333. The van der Waals surface area contributed by atoms with Gasteiger partial charge in [0.25, 0.3) is 5.91 Å². The SMILES string of the molecule is O=C(O)C[C@H]1COCCN1C(=O)c1ncn(-c2ccccc2)n1. The van der Waals surface area contributed by atoms with Gasteiger partial charge in [0.05, 0.1) is 31.4 Å². The van der Waals surface area contributed by atoms with E-state index in [9.17, 15) is 9.59 Å². The van der Waals surface area contributed by atoms with Crippen molar-refractivity contribution in [2.75, 3.05) is 19.8 Å². The van der Waals surface area contributed by atoms with Crippen LogP contribution in [-0.2, 0) is 9.53 Å². The molecule has 2 aromatic rings. The van der Waals surface area contributed by atoms with Crippen LogP contribution in [0.25, 0.3) is 5.69 Å². The van der Waals surface area contributed by atoms with Crippen molar-refractivity contribution in [3.63, 3.8) is 0 Å². The molecule has 0 saturated carbocycles. The van der Waals surface area contributed by atoms with Crippen LogP contribution in [-0.4, -0.2) is 62.4 Å². The number of ether oxygens (including phenoxy) is 1. The van der Waals surface area contributed by atoms with Gasteiger partial charge in [-0.25, -0.2) is 9.67 Å². The maximum atomic E-state index is 12.6. The Morgan fingerprint density at radius 1 is 1.30 bits per heavy atom.